The first-order valence-corrected chi connectivity index (χ1v) is 8.58. The lowest BCUT2D eigenvalue weighted by Crippen LogP contribution is -2.44. The van der Waals surface area contributed by atoms with E-state index in [1.807, 2.05) is 0 Å². The third-order valence-corrected chi connectivity index (χ3v) is 5.47. The molecule has 0 aromatic heterocycles. The van der Waals surface area contributed by atoms with Gasteiger partial charge in [-0.15, -0.1) is 0 Å². The molecule has 0 spiro atoms. The SMILES string of the molecule is O=C(CCC1CCCNC1)N1CCS(=O)(=O)CC1. The molecule has 2 saturated heterocycles. The van der Waals surface area contributed by atoms with E-state index in [2.05, 4.69) is 5.32 Å². The van der Waals surface area contributed by atoms with Crippen molar-refractivity contribution in [3.63, 3.8) is 0 Å². The molecule has 0 aliphatic carbocycles. The van der Waals surface area contributed by atoms with Gasteiger partial charge in [0.1, 0.15) is 0 Å². The molecule has 1 amide bonds. The van der Waals surface area contributed by atoms with Crippen molar-refractivity contribution in [3.05, 3.63) is 0 Å². The summed E-state index contributed by atoms with van der Waals surface area (Å²) in [6, 6.07) is 0. The standard InChI is InChI=1S/C12H22N2O3S/c15-12(4-3-11-2-1-5-13-10-11)14-6-8-18(16,17)9-7-14/h11,13H,1-10H2. The van der Waals surface area contributed by atoms with Crippen molar-refractivity contribution in [3.8, 4) is 0 Å². The Bertz CT molecular complexity index is 374. The molecule has 0 aromatic carbocycles. The summed E-state index contributed by atoms with van der Waals surface area (Å²) in [5.41, 5.74) is 0. The zero-order chi connectivity index (χ0) is 13.0. The highest BCUT2D eigenvalue weighted by molar-refractivity contribution is 7.91. The third-order valence-electron chi connectivity index (χ3n) is 3.86. The van der Waals surface area contributed by atoms with Crippen LogP contribution in [0.2, 0.25) is 0 Å². The van der Waals surface area contributed by atoms with Crippen LogP contribution < -0.4 is 5.32 Å². The number of nitrogens with zero attached hydrogens (tertiary/aromatic N) is 1. The fourth-order valence-electron chi connectivity index (χ4n) is 2.62. The second-order valence-corrected chi connectivity index (χ2v) is 7.59. The summed E-state index contributed by atoms with van der Waals surface area (Å²) in [5.74, 6) is 0.986. The maximum Gasteiger partial charge on any atom is 0.222 e. The molecule has 2 rings (SSSR count). The van der Waals surface area contributed by atoms with E-state index in [4.69, 9.17) is 0 Å². The van der Waals surface area contributed by atoms with E-state index in [0.29, 0.717) is 25.4 Å². The van der Waals surface area contributed by atoms with E-state index in [0.717, 1.165) is 19.5 Å². The Morgan fingerprint density at radius 1 is 1.28 bits per heavy atom. The first-order chi connectivity index (χ1) is 8.57. The van der Waals surface area contributed by atoms with Crippen LogP contribution in [0.1, 0.15) is 25.7 Å². The summed E-state index contributed by atoms with van der Waals surface area (Å²) in [6.45, 7) is 2.87. The average molecular weight is 274 g/mol. The van der Waals surface area contributed by atoms with Crippen molar-refractivity contribution in [1.82, 2.24) is 10.2 Å². The molecule has 104 valence electrons. The summed E-state index contributed by atoms with van der Waals surface area (Å²) < 4.78 is 22.6. The molecule has 2 aliphatic rings. The molecule has 0 aromatic rings. The van der Waals surface area contributed by atoms with Crippen molar-refractivity contribution in [2.75, 3.05) is 37.7 Å². The van der Waals surface area contributed by atoms with E-state index in [-0.39, 0.29) is 17.4 Å². The zero-order valence-electron chi connectivity index (χ0n) is 10.7. The molecule has 1 N–H and O–H groups in total. The molecule has 2 fully saturated rings. The fourth-order valence-corrected chi connectivity index (χ4v) is 3.82. The van der Waals surface area contributed by atoms with Gasteiger partial charge in [-0.25, -0.2) is 8.42 Å². The van der Waals surface area contributed by atoms with E-state index in [1.54, 1.807) is 4.90 Å². The van der Waals surface area contributed by atoms with Crippen LogP contribution in [0.15, 0.2) is 0 Å². The van der Waals surface area contributed by atoms with E-state index >= 15 is 0 Å². The monoisotopic (exact) mass is 274 g/mol. The molecule has 5 nitrogen and oxygen atoms in total. The number of carbonyl (C=O) groups excluding carboxylic acids is 1. The number of hydrogen-bond donors (Lipinski definition) is 1. The molecular formula is C12H22N2O3S. The topological polar surface area (TPSA) is 66.5 Å². The molecule has 0 bridgehead atoms. The first-order valence-electron chi connectivity index (χ1n) is 6.76. The number of nitrogens with one attached hydrogen (secondary N) is 1. The smallest absolute Gasteiger partial charge is 0.222 e. The summed E-state index contributed by atoms with van der Waals surface area (Å²) >= 11 is 0. The van der Waals surface area contributed by atoms with Crippen molar-refractivity contribution in [2.24, 2.45) is 5.92 Å². The number of amides is 1. The van der Waals surface area contributed by atoms with Gasteiger partial charge in [0.25, 0.3) is 0 Å². The normalized spacial score (nSPS) is 28.0. The Labute approximate surface area is 109 Å². The Kier molecular flexibility index (Phi) is 4.61. The maximum absolute atomic E-state index is 12.0. The first kappa shape index (κ1) is 13.8. The van der Waals surface area contributed by atoms with Crippen LogP contribution in [0, 0.1) is 5.92 Å². The number of sulfone groups is 1. The Balaban J connectivity index is 1.71. The summed E-state index contributed by atoms with van der Waals surface area (Å²) in [7, 11) is -2.89. The van der Waals surface area contributed by atoms with Gasteiger partial charge in [-0.05, 0) is 38.3 Å². The molecule has 1 atom stereocenters. The highest BCUT2D eigenvalue weighted by Crippen LogP contribution is 2.17. The van der Waals surface area contributed by atoms with Gasteiger partial charge in [0.05, 0.1) is 11.5 Å². The van der Waals surface area contributed by atoms with Gasteiger partial charge in [0.15, 0.2) is 9.84 Å². The summed E-state index contributed by atoms with van der Waals surface area (Å²) in [4.78, 5) is 13.7. The summed E-state index contributed by atoms with van der Waals surface area (Å²) in [5, 5.41) is 3.34. The minimum atomic E-state index is -2.89. The third kappa shape index (κ3) is 3.95. The quantitative estimate of drug-likeness (QED) is 0.788. The molecule has 2 heterocycles. The highest BCUT2D eigenvalue weighted by Gasteiger charge is 2.25. The molecule has 0 saturated carbocycles. The second-order valence-electron chi connectivity index (χ2n) is 5.28. The Morgan fingerprint density at radius 2 is 2.00 bits per heavy atom. The van der Waals surface area contributed by atoms with Gasteiger partial charge in [-0.2, -0.15) is 0 Å². The van der Waals surface area contributed by atoms with Crippen LogP contribution >= 0.6 is 0 Å². The molecule has 18 heavy (non-hydrogen) atoms. The maximum atomic E-state index is 12.0. The second kappa shape index (κ2) is 6.02. The minimum Gasteiger partial charge on any atom is -0.341 e. The van der Waals surface area contributed by atoms with E-state index in [9.17, 15) is 13.2 Å². The van der Waals surface area contributed by atoms with Gasteiger partial charge >= 0.3 is 0 Å². The molecule has 2 aliphatic heterocycles. The number of hydrogen-bond acceptors (Lipinski definition) is 4. The average Bonchev–Trinajstić information content (AvgIpc) is 2.37. The molecule has 1 unspecified atom stereocenters. The molecule has 0 radical (unpaired) electrons. The predicted molar refractivity (Wildman–Crippen MR) is 70.1 cm³/mol. The largest absolute Gasteiger partial charge is 0.341 e. The van der Waals surface area contributed by atoms with Crippen molar-refractivity contribution < 1.29 is 13.2 Å². The number of rotatable bonds is 3. The van der Waals surface area contributed by atoms with Gasteiger partial charge in [0, 0.05) is 19.5 Å². The van der Waals surface area contributed by atoms with Crippen LogP contribution in [0.5, 0.6) is 0 Å². The number of piperidine rings is 1. The van der Waals surface area contributed by atoms with Crippen LogP contribution in [-0.2, 0) is 14.6 Å². The van der Waals surface area contributed by atoms with Crippen LogP contribution in [0.3, 0.4) is 0 Å². The van der Waals surface area contributed by atoms with Gasteiger partial charge in [0.2, 0.25) is 5.91 Å². The highest BCUT2D eigenvalue weighted by atomic mass is 32.2. The Morgan fingerprint density at radius 3 is 2.61 bits per heavy atom. The lowest BCUT2D eigenvalue weighted by Gasteiger charge is -2.28. The van der Waals surface area contributed by atoms with Crippen molar-refractivity contribution in [2.45, 2.75) is 25.7 Å². The number of carbonyl (C=O) groups is 1. The molecular weight excluding hydrogens is 252 g/mol. The molecule has 6 heteroatoms. The van der Waals surface area contributed by atoms with Gasteiger partial charge < -0.3 is 10.2 Å². The van der Waals surface area contributed by atoms with Crippen LogP contribution in [-0.4, -0.2) is 56.9 Å². The lowest BCUT2D eigenvalue weighted by molar-refractivity contribution is -0.131. The van der Waals surface area contributed by atoms with Gasteiger partial charge in [-0.3, -0.25) is 4.79 Å². The summed E-state index contributed by atoms with van der Waals surface area (Å²) in [6.07, 6.45) is 3.89. The van der Waals surface area contributed by atoms with E-state index in [1.165, 1.54) is 12.8 Å². The lowest BCUT2D eigenvalue weighted by atomic mass is 9.94. The van der Waals surface area contributed by atoms with E-state index < -0.39 is 9.84 Å². The minimum absolute atomic E-state index is 0.121. The van der Waals surface area contributed by atoms with Crippen LogP contribution in [0.25, 0.3) is 0 Å². The van der Waals surface area contributed by atoms with Gasteiger partial charge in [-0.1, -0.05) is 0 Å². The van der Waals surface area contributed by atoms with Crippen molar-refractivity contribution >= 4 is 15.7 Å². The zero-order valence-corrected chi connectivity index (χ0v) is 11.5. The fraction of sp³-hybridized carbons (Fsp3) is 0.917. The Hall–Kier alpha value is -0.620. The van der Waals surface area contributed by atoms with Crippen LogP contribution in [0.4, 0.5) is 0 Å². The van der Waals surface area contributed by atoms with Crippen molar-refractivity contribution in [1.29, 1.82) is 0 Å². The predicted octanol–water partition coefficient (Wildman–Crippen LogP) is 0.0232.